The molecular formula is C21H24N2O3. The summed E-state index contributed by atoms with van der Waals surface area (Å²) in [6.45, 7) is 1.93. The standard InChI is InChI=1S/C21H24N2O3/c22-21(25)18-6-4-5-16(14-18)13-17-9-11-23(15-17)20(24)10-12-26-19-7-2-1-3-8-19/h1-8,14,17H,9-13,15H2,(H2,22,25)/t17-/m1/s1. The molecule has 5 nitrogen and oxygen atoms in total. The average Bonchev–Trinajstić information content (AvgIpc) is 3.11. The smallest absolute Gasteiger partial charge is 0.248 e. The van der Waals surface area contributed by atoms with Crippen LogP contribution in [0.25, 0.3) is 0 Å². The first-order valence-corrected chi connectivity index (χ1v) is 8.96. The predicted octanol–water partition coefficient (Wildman–Crippen LogP) is 2.65. The monoisotopic (exact) mass is 352 g/mol. The largest absolute Gasteiger partial charge is 0.493 e. The van der Waals surface area contributed by atoms with Crippen LogP contribution < -0.4 is 10.5 Å². The molecule has 0 spiro atoms. The van der Waals surface area contributed by atoms with E-state index in [2.05, 4.69) is 0 Å². The Labute approximate surface area is 153 Å². The van der Waals surface area contributed by atoms with Crippen molar-refractivity contribution >= 4 is 11.8 Å². The van der Waals surface area contributed by atoms with Gasteiger partial charge in [-0.25, -0.2) is 0 Å². The number of carbonyl (C=O) groups excluding carboxylic acids is 2. The maximum Gasteiger partial charge on any atom is 0.248 e. The number of hydrogen-bond donors (Lipinski definition) is 1. The van der Waals surface area contributed by atoms with E-state index >= 15 is 0 Å². The van der Waals surface area contributed by atoms with E-state index in [4.69, 9.17) is 10.5 Å². The lowest BCUT2D eigenvalue weighted by Gasteiger charge is -2.17. The maximum atomic E-state index is 12.4. The topological polar surface area (TPSA) is 72.6 Å². The van der Waals surface area contributed by atoms with Crippen molar-refractivity contribution in [1.82, 2.24) is 4.90 Å². The van der Waals surface area contributed by atoms with Gasteiger partial charge in [0.05, 0.1) is 13.0 Å². The fourth-order valence-corrected chi connectivity index (χ4v) is 3.34. The molecule has 26 heavy (non-hydrogen) atoms. The molecule has 1 aliphatic heterocycles. The maximum absolute atomic E-state index is 12.4. The van der Waals surface area contributed by atoms with Crippen LogP contribution in [-0.4, -0.2) is 36.4 Å². The fourth-order valence-electron chi connectivity index (χ4n) is 3.34. The summed E-state index contributed by atoms with van der Waals surface area (Å²) in [5, 5.41) is 0. The minimum Gasteiger partial charge on any atom is -0.493 e. The predicted molar refractivity (Wildman–Crippen MR) is 99.9 cm³/mol. The van der Waals surface area contributed by atoms with Crippen molar-refractivity contribution < 1.29 is 14.3 Å². The van der Waals surface area contributed by atoms with E-state index in [0.29, 0.717) is 24.5 Å². The van der Waals surface area contributed by atoms with Crippen LogP contribution in [-0.2, 0) is 11.2 Å². The summed E-state index contributed by atoms with van der Waals surface area (Å²) in [6, 6.07) is 17.0. The van der Waals surface area contributed by atoms with Gasteiger partial charge in [0, 0.05) is 18.7 Å². The Bertz CT molecular complexity index is 761. The molecule has 0 unspecified atom stereocenters. The molecule has 2 aromatic rings. The van der Waals surface area contributed by atoms with Crippen molar-refractivity contribution in [3.05, 3.63) is 65.7 Å². The van der Waals surface area contributed by atoms with Crippen molar-refractivity contribution in [2.75, 3.05) is 19.7 Å². The molecule has 2 N–H and O–H groups in total. The van der Waals surface area contributed by atoms with Crippen LogP contribution in [0.4, 0.5) is 0 Å². The van der Waals surface area contributed by atoms with Crippen LogP contribution in [0, 0.1) is 5.92 Å². The van der Waals surface area contributed by atoms with E-state index in [1.165, 1.54) is 0 Å². The molecular weight excluding hydrogens is 328 g/mol. The zero-order valence-corrected chi connectivity index (χ0v) is 14.8. The first kappa shape index (κ1) is 18.0. The Morgan fingerprint density at radius 1 is 1.12 bits per heavy atom. The van der Waals surface area contributed by atoms with E-state index in [-0.39, 0.29) is 5.91 Å². The molecule has 2 amide bonds. The van der Waals surface area contributed by atoms with Gasteiger partial charge in [-0.15, -0.1) is 0 Å². The number of rotatable bonds is 7. The quantitative estimate of drug-likeness (QED) is 0.832. The number of para-hydroxylation sites is 1. The highest BCUT2D eigenvalue weighted by Gasteiger charge is 2.26. The molecule has 0 aliphatic carbocycles. The summed E-state index contributed by atoms with van der Waals surface area (Å²) in [5.74, 6) is 0.925. The second-order valence-electron chi connectivity index (χ2n) is 6.67. The Morgan fingerprint density at radius 3 is 2.69 bits per heavy atom. The summed E-state index contributed by atoms with van der Waals surface area (Å²) >= 11 is 0. The minimum atomic E-state index is -0.409. The summed E-state index contributed by atoms with van der Waals surface area (Å²) in [4.78, 5) is 25.6. The van der Waals surface area contributed by atoms with Gasteiger partial charge in [0.25, 0.3) is 0 Å². The summed E-state index contributed by atoms with van der Waals surface area (Å²) in [6.07, 6.45) is 2.22. The lowest BCUT2D eigenvalue weighted by Crippen LogP contribution is -2.30. The number of nitrogens with zero attached hydrogens (tertiary/aromatic N) is 1. The van der Waals surface area contributed by atoms with Crippen LogP contribution in [0.3, 0.4) is 0 Å². The van der Waals surface area contributed by atoms with Crippen molar-refractivity contribution in [2.24, 2.45) is 11.7 Å². The molecule has 1 atom stereocenters. The number of amides is 2. The molecule has 0 bridgehead atoms. The third-order valence-electron chi connectivity index (χ3n) is 4.70. The van der Waals surface area contributed by atoms with E-state index in [0.717, 1.165) is 37.2 Å². The zero-order chi connectivity index (χ0) is 18.4. The van der Waals surface area contributed by atoms with E-state index in [1.54, 1.807) is 6.07 Å². The number of benzene rings is 2. The number of ether oxygens (including phenoxy) is 1. The number of likely N-dealkylation sites (tertiary alicyclic amines) is 1. The zero-order valence-electron chi connectivity index (χ0n) is 14.8. The first-order chi connectivity index (χ1) is 12.6. The molecule has 0 saturated carbocycles. The van der Waals surface area contributed by atoms with E-state index in [9.17, 15) is 9.59 Å². The SMILES string of the molecule is NC(=O)c1cccc(C[C@H]2CCN(C(=O)CCOc3ccccc3)C2)c1. The van der Waals surface area contributed by atoms with Crippen molar-refractivity contribution in [2.45, 2.75) is 19.3 Å². The molecule has 0 aromatic heterocycles. The van der Waals surface area contributed by atoms with Crippen LogP contribution in [0.1, 0.15) is 28.8 Å². The Morgan fingerprint density at radius 2 is 1.92 bits per heavy atom. The summed E-state index contributed by atoms with van der Waals surface area (Å²) in [7, 11) is 0. The minimum absolute atomic E-state index is 0.134. The Hall–Kier alpha value is -2.82. The van der Waals surface area contributed by atoms with Crippen molar-refractivity contribution in [3.63, 3.8) is 0 Å². The third kappa shape index (κ3) is 4.85. The van der Waals surface area contributed by atoms with Gasteiger partial charge in [-0.2, -0.15) is 0 Å². The molecule has 3 rings (SSSR count). The van der Waals surface area contributed by atoms with Crippen LogP contribution in [0.5, 0.6) is 5.75 Å². The van der Waals surface area contributed by atoms with Gasteiger partial charge in [0.15, 0.2) is 0 Å². The highest BCUT2D eigenvalue weighted by molar-refractivity contribution is 5.92. The molecule has 1 saturated heterocycles. The average molecular weight is 352 g/mol. The van der Waals surface area contributed by atoms with Gasteiger partial charge in [-0.05, 0) is 48.6 Å². The lowest BCUT2D eigenvalue weighted by atomic mass is 9.97. The van der Waals surface area contributed by atoms with Gasteiger partial charge in [-0.1, -0.05) is 30.3 Å². The number of hydrogen-bond acceptors (Lipinski definition) is 3. The highest BCUT2D eigenvalue weighted by Crippen LogP contribution is 2.22. The van der Waals surface area contributed by atoms with E-state index in [1.807, 2.05) is 53.4 Å². The van der Waals surface area contributed by atoms with Crippen LogP contribution >= 0.6 is 0 Å². The van der Waals surface area contributed by atoms with Crippen molar-refractivity contribution in [1.29, 1.82) is 0 Å². The molecule has 5 heteroatoms. The second-order valence-corrected chi connectivity index (χ2v) is 6.67. The van der Waals surface area contributed by atoms with Gasteiger partial charge in [0.1, 0.15) is 5.75 Å². The summed E-state index contributed by atoms with van der Waals surface area (Å²) in [5.41, 5.74) is 6.96. The second kappa shape index (κ2) is 8.52. The normalized spacial score (nSPS) is 16.5. The molecule has 1 aliphatic rings. The van der Waals surface area contributed by atoms with Gasteiger partial charge in [0.2, 0.25) is 11.8 Å². The third-order valence-corrected chi connectivity index (χ3v) is 4.70. The number of carbonyl (C=O) groups is 2. The van der Waals surface area contributed by atoms with Crippen LogP contribution in [0.15, 0.2) is 54.6 Å². The Balaban J connectivity index is 1.45. The molecule has 0 radical (unpaired) electrons. The molecule has 2 aromatic carbocycles. The summed E-state index contributed by atoms with van der Waals surface area (Å²) < 4.78 is 5.60. The van der Waals surface area contributed by atoms with Gasteiger partial charge >= 0.3 is 0 Å². The lowest BCUT2D eigenvalue weighted by molar-refractivity contribution is -0.130. The number of nitrogens with two attached hydrogens (primary N) is 1. The van der Waals surface area contributed by atoms with Gasteiger partial charge in [-0.3, -0.25) is 9.59 Å². The van der Waals surface area contributed by atoms with E-state index < -0.39 is 5.91 Å². The number of primary amides is 1. The fraction of sp³-hybridized carbons (Fsp3) is 0.333. The van der Waals surface area contributed by atoms with Gasteiger partial charge < -0.3 is 15.4 Å². The first-order valence-electron chi connectivity index (χ1n) is 8.96. The van der Waals surface area contributed by atoms with Crippen LogP contribution in [0.2, 0.25) is 0 Å². The molecule has 1 heterocycles. The Kier molecular flexibility index (Phi) is 5.89. The van der Waals surface area contributed by atoms with Crippen molar-refractivity contribution in [3.8, 4) is 5.75 Å². The molecule has 136 valence electrons. The highest BCUT2D eigenvalue weighted by atomic mass is 16.5. The molecule has 1 fully saturated rings.